The third-order valence-corrected chi connectivity index (χ3v) is 5.29. The normalized spacial score (nSPS) is 11.3. The van der Waals surface area contributed by atoms with Crippen LogP contribution < -0.4 is 9.03 Å². The van der Waals surface area contributed by atoms with E-state index in [4.69, 9.17) is 0 Å². The summed E-state index contributed by atoms with van der Waals surface area (Å²) in [7, 11) is -4.29. The Kier molecular flexibility index (Phi) is 4.85. The van der Waals surface area contributed by atoms with E-state index in [1.165, 1.54) is 30.5 Å². The first-order valence-corrected chi connectivity index (χ1v) is 9.31. The van der Waals surface area contributed by atoms with E-state index < -0.39 is 21.9 Å². The summed E-state index contributed by atoms with van der Waals surface area (Å²) < 4.78 is 42.1. The summed E-state index contributed by atoms with van der Waals surface area (Å²) in [6, 6.07) is 13.8. The number of aromatic nitrogens is 1. The molecule has 1 N–H and O–H groups in total. The minimum atomic E-state index is -4.29. The van der Waals surface area contributed by atoms with Gasteiger partial charge in [0.1, 0.15) is 5.82 Å². The molecule has 0 fully saturated rings. The molecule has 134 valence electrons. The monoisotopic (exact) mass is 373 g/mol. The molecule has 6 nitrogen and oxygen atoms in total. The number of nitrogens with zero attached hydrogens (tertiary/aromatic N) is 2. The second kappa shape index (κ2) is 7.09. The summed E-state index contributed by atoms with van der Waals surface area (Å²) in [6.07, 6.45) is 1.43. The molecule has 2 aromatic carbocycles. The van der Waals surface area contributed by atoms with E-state index in [9.17, 15) is 17.6 Å². The van der Waals surface area contributed by atoms with Crippen LogP contribution >= 0.6 is 0 Å². The first kappa shape index (κ1) is 17.8. The van der Waals surface area contributed by atoms with Crippen LogP contribution in [-0.4, -0.2) is 25.9 Å². The Hall–Kier alpha value is -3.00. The Bertz CT molecular complexity index is 1060. The van der Waals surface area contributed by atoms with Gasteiger partial charge >= 0.3 is 10.2 Å². The lowest BCUT2D eigenvalue weighted by Gasteiger charge is -2.23. The van der Waals surface area contributed by atoms with Gasteiger partial charge in [-0.25, -0.2) is 9.11 Å². The van der Waals surface area contributed by atoms with Crippen molar-refractivity contribution in [3.8, 4) is 0 Å². The van der Waals surface area contributed by atoms with Gasteiger partial charge in [-0.3, -0.25) is 14.1 Å². The number of fused-ring (bicyclic) bond motifs is 1. The van der Waals surface area contributed by atoms with Gasteiger partial charge < -0.3 is 0 Å². The standard InChI is InChI=1S/C18H16FN3O3S/c1-2-22(17-10-6-4-8-15(17)19)26(24,25)21-18(23)14-11-12-20-16-9-5-3-7-13(14)16/h3-12H,2H2,1H3,(H,21,23). The van der Waals surface area contributed by atoms with E-state index in [0.717, 1.165) is 10.4 Å². The molecule has 0 unspecified atom stereocenters. The van der Waals surface area contributed by atoms with Crippen LogP contribution in [0, 0.1) is 5.82 Å². The molecule has 1 aromatic heterocycles. The summed E-state index contributed by atoms with van der Waals surface area (Å²) in [5.41, 5.74) is 0.609. The average molecular weight is 373 g/mol. The predicted octanol–water partition coefficient (Wildman–Crippen LogP) is 2.88. The first-order valence-electron chi connectivity index (χ1n) is 7.87. The van der Waals surface area contributed by atoms with Crippen molar-refractivity contribution in [3.05, 3.63) is 72.2 Å². The van der Waals surface area contributed by atoms with E-state index in [2.05, 4.69) is 4.98 Å². The topological polar surface area (TPSA) is 79.4 Å². The molecule has 0 atom stereocenters. The van der Waals surface area contributed by atoms with Gasteiger partial charge in [-0.15, -0.1) is 0 Å². The highest BCUT2D eigenvalue weighted by molar-refractivity contribution is 7.91. The number of carbonyl (C=O) groups excluding carboxylic acids is 1. The van der Waals surface area contributed by atoms with Gasteiger partial charge in [-0.2, -0.15) is 8.42 Å². The zero-order chi connectivity index (χ0) is 18.7. The van der Waals surface area contributed by atoms with E-state index in [1.807, 2.05) is 4.72 Å². The molecule has 8 heteroatoms. The van der Waals surface area contributed by atoms with E-state index in [1.54, 1.807) is 31.2 Å². The molecule has 0 aliphatic heterocycles. The SMILES string of the molecule is CCN(c1ccccc1F)S(=O)(=O)NC(=O)c1ccnc2ccccc12. The molecular formula is C18H16FN3O3S. The molecule has 0 aliphatic rings. The minimum absolute atomic E-state index is 0.0410. The van der Waals surface area contributed by atoms with Crippen LogP contribution in [0.5, 0.6) is 0 Å². The number of amides is 1. The van der Waals surface area contributed by atoms with Crippen LogP contribution in [0.3, 0.4) is 0 Å². The summed E-state index contributed by atoms with van der Waals surface area (Å²) in [5, 5.41) is 0.525. The van der Waals surface area contributed by atoms with E-state index in [0.29, 0.717) is 10.9 Å². The third kappa shape index (κ3) is 3.36. The molecule has 1 amide bonds. The molecule has 3 aromatic rings. The maximum Gasteiger partial charge on any atom is 0.326 e. The second-order valence-corrected chi connectivity index (χ2v) is 7.02. The minimum Gasteiger partial charge on any atom is -0.268 e. The fourth-order valence-electron chi connectivity index (χ4n) is 2.64. The Morgan fingerprint density at radius 1 is 1.12 bits per heavy atom. The number of pyridine rings is 1. The Morgan fingerprint density at radius 3 is 2.54 bits per heavy atom. The van der Waals surface area contributed by atoms with Gasteiger partial charge in [0.05, 0.1) is 16.8 Å². The number of halogens is 1. The molecule has 0 radical (unpaired) electrons. The molecule has 0 aliphatic carbocycles. The van der Waals surface area contributed by atoms with Crippen molar-refractivity contribution in [2.24, 2.45) is 0 Å². The number of nitrogens with one attached hydrogen (secondary N) is 1. The molecule has 3 rings (SSSR count). The van der Waals surface area contributed by atoms with Gasteiger partial charge in [-0.05, 0) is 31.2 Å². The van der Waals surface area contributed by atoms with Crippen molar-refractivity contribution in [2.45, 2.75) is 6.92 Å². The fourth-order valence-corrected chi connectivity index (χ4v) is 3.85. The van der Waals surface area contributed by atoms with Crippen LogP contribution in [0.2, 0.25) is 0 Å². The number of carbonyl (C=O) groups is 1. The number of rotatable bonds is 5. The third-order valence-electron chi connectivity index (χ3n) is 3.81. The average Bonchev–Trinajstić information content (AvgIpc) is 2.62. The smallest absolute Gasteiger partial charge is 0.268 e. The quantitative estimate of drug-likeness (QED) is 0.746. The van der Waals surface area contributed by atoms with Crippen molar-refractivity contribution >= 4 is 32.7 Å². The van der Waals surface area contributed by atoms with Crippen LogP contribution in [-0.2, 0) is 10.2 Å². The van der Waals surface area contributed by atoms with Crippen molar-refractivity contribution < 1.29 is 17.6 Å². The Morgan fingerprint density at radius 2 is 1.81 bits per heavy atom. The van der Waals surface area contributed by atoms with Crippen LogP contribution in [0.25, 0.3) is 10.9 Å². The molecule has 0 saturated carbocycles. The van der Waals surface area contributed by atoms with Gasteiger partial charge in [0.25, 0.3) is 5.91 Å². The lowest BCUT2D eigenvalue weighted by molar-refractivity contribution is 0.0983. The number of anilines is 1. The summed E-state index contributed by atoms with van der Waals surface area (Å²) in [6.45, 7) is 1.51. The first-order chi connectivity index (χ1) is 12.4. The highest BCUT2D eigenvalue weighted by Crippen LogP contribution is 2.22. The van der Waals surface area contributed by atoms with Crippen molar-refractivity contribution in [1.82, 2.24) is 9.71 Å². The molecule has 1 heterocycles. The number of para-hydroxylation sites is 2. The predicted molar refractivity (Wildman–Crippen MR) is 97.5 cm³/mol. The maximum atomic E-state index is 14.0. The van der Waals surface area contributed by atoms with Crippen LogP contribution in [0.15, 0.2) is 60.8 Å². The van der Waals surface area contributed by atoms with E-state index >= 15 is 0 Å². The van der Waals surface area contributed by atoms with Gasteiger partial charge in [0, 0.05) is 18.1 Å². The van der Waals surface area contributed by atoms with Crippen molar-refractivity contribution in [1.29, 1.82) is 0 Å². The van der Waals surface area contributed by atoms with Gasteiger partial charge in [-0.1, -0.05) is 30.3 Å². The van der Waals surface area contributed by atoms with Gasteiger partial charge in [0.2, 0.25) is 0 Å². The Balaban J connectivity index is 1.95. The van der Waals surface area contributed by atoms with Gasteiger partial charge in [0.15, 0.2) is 0 Å². The molecule has 0 saturated heterocycles. The number of hydrogen-bond donors (Lipinski definition) is 1. The summed E-state index contributed by atoms with van der Waals surface area (Å²) in [5.74, 6) is -1.50. The maximum absolute atomic E-state index is 14.0. The zero-order valence-corrected chi connectivity index (χ0v) is 14.7. The summed E-state index contributed by atoms with van der Waals surface area (Å²) >= 11 is 0. The van der Waals surface area contributed by atoms with Crippen LogP contribution in [0.4, 0.5) is 10.1 Å². The lowest BCUT2D eigenvalue weighted by Crippen LogP contribution is -2.44. The van der Waals surface area contributed by atoms with Crippen molar-refractivity contribution in [2.75, 3.05) is 10.8 Å². The largest absolute Gasteiger partial charge is 0.326 e. The highest BCUT2D eigenvalue weighted by Gasteiger charge is 2.26. The fraction of sp³-hybridized carbons (Fsp3) is 0.111. The molecule has 0 bridgehead atoms. The molecular weight excluding hydrogens is 357 g/mol. The van der Waals surface area contributed by atoms with Crippen molar-refractivity contribution in [3.63, 3.8) is 0 Å². The molecule has 0 spiro atoms. The lowest BCUT2D eigenvalue weighted by atomic mass is 10.1. The van der Waals surface area contributed by atoms with E-state index in [-0.39, 0.29) is 17.8 Å². The summed E-state index contributed by atoms with van der Waals surface area (Å²) in [4.78, 5) is 16.7. The number of hydrogen-bond acceptors (Lipinski definition) is 4. The number of benzene rings is 2. The Labute approximate surface area is 150 Å². The molecule has 26 heavy (non-hydrogen) atoms. The van der Waals surface area contributed by atoms with Crippen LogP contribution in [0.1, 0.15) is 17.3 Å². The highest BCUT2D eigenvalue weighted by atomic mass is 32.2. The zero-order valence-electron chi connectivity index (χ0n) is 13.9. The second-order valence-electron chi connectivity index (χ2n) is 5.43.